The Morgan fingerprint density at radius 2 is 2.00 bits per heavy atom. The first-order chi connectivity index (χ1) is 7.69. The van der Waals surface area contributed by atoms with Crippen molar-refractivity contribution in [3.05, 3.63) is 34.3 Å². The fourth-order valence-corrected chi connectivity index (χ4v) is 2.18. The van der Waals surface area contributed by atoms with Gasteiger partial charge >= 0.3 is 0 Å². The monoisotopic (exact) mass is 286 g/mol. The molecule has 0 amide bonds. The maximum Gasteiger partial charge on any atom is 0.0842 e. The highest BCUT2D eigenvalue weighted by molar-refractivity contribution is 9.10. The molecule has 2 nitrogen and oxygen atoms in total. The van der Waals surface area contributed by atoms with Gasteiger partial charge in [-0.1, -0.05) is 41.1 Å². The lowest BCUT2D eigenvalue weighted by atomic mass is 10.0. The van der Waals surface area contributed by atoms with Gasteiger partial charge in [-0.15, -0.1) is 0 Å². The molecule has 0 aliphatic rings. The predicted octanol–water partition coefficient (Wildman–Crippen LogP) is 3.17. The van der Waals surface area contributed by atoms with Crippen molar-refractivity contribution in [1.82, 2.24) is 0 Å². The van der Waals surface area contributed by atoms with Gasteiger partial charge in [0.2, 0.25) is 0 Å². The van der Waals surface area contributed by atoms with Gasteiger partial charge in [0, 0.05) is 17.5 Å². The van der Waals surface area contributed by atoms with E-state index < -0.39 is 6.10 Å². The van der Waals surface area contributed by atoms with Crippen LogP contribution in [0.4, 0.5) is 0 Å². The van der Waals surface area contributed by atoms with E-state index in [1.165, 1.54) is 0 Å². The van der Waals surface area contributed by atoms with E-state index in [9.17, 15) is 5.11 Å². The summed E-state index contributed by atoms with van der Waals surface area (Å²) in [6, 6.07) is 7.96. The average molecular weight is 287 g/mol. The third kappa shape index (κ3) is 3.89. The molecule has 1 aromatic carbocycles. The molecule has 90 valence electrons. The lowest BCUT2D eigenvalue weighted by Crippen LogP contribution is -2.30. The SMILES string of the molecule is CCOC(CC)C(O)Cc1ccccc1Br. The second-order valence-corrected chi connectivity index (χ2v) is 4.62. The van der Waals surface area contributed by atoms with Gasteiger partial charge in [-0.25, -0.2) is 0 Å². The van der Waals surface area contributed by atoms with E-state index >= 15 is 0 Å². The summed E-state index contributed by atoms with van der Waals surface area (Å²) in [5.74, 6) is 0. The average Bonchev–Trinajstić information content (AvgIpc) is 2.29. The van der Waals surface area contributed by atoms with Crippen molar-refractivity contribution < 1.29 is 9.84 Å². The maximum absolute atomic E-state index is 10.1. The van der Waals surface area contributed by atoms with E-state index in [1.54, 1.807) is 0 Å². The summed E-state index contributed by atoms with van der Waals surface area (Å²) in [7, 11) is 0. The van der Waals surface area contributed by atoms with E-state index in [1.807, 2.05) is 38.1 Å². The molecule has 2 unspecified atom stereocenters. The number of aliphatic hydroxyl groups excluding tert-OH is 1. The summed E-state index contributed by atoms with van der Waals surface area (Å²) >= 11 is 3.48. The van der Waals surface area contributed by atoms with Crippen LogP contribution in [-0.4, -0.2) is 23.9 Å². The molecule has 0 saturated heterocycles. The van der Waals surface area contributed by atoms with Crippen LogP contribution >= 0.6 is 15.9 Å². The van der Waals surface area contributed by atoms with Crippen LogP contribution in [0.2, 0.25) is 0 Å². The van der Waals surface area contributed by atoms with Crippen LogP contribution in [0.1, 0.15) is 25.8 Å². The molecule has 0 aromatic heterocycles. The quantitative estimate of drug-likeness (QED) is 0.871. The van der Waals surface area contributed by atoms with Crippen molar-refractivity contribution in [3.8, 4) is 0 Å². The molecule has 0 aliphatic heterocycles. The molecule has 0 aliphatic carbocycles. The Bertz CT molecular complexity index is 315. The van der Waals surface area contributed by atoms with Gasteiger partial charge in [0.05, 0.1) is 12.2 Å². The zero-order chi connectivity index (χ0) is 12.0. The summed E-state index contributed by atoms with van der Waals surface area (Å²) in [6.07, 6.45) is 0.945. The highest BCUT2D eigenvalue weighted by Gasteiger charge is 2.18. The number of hydrogen-bond acceptors (Lipinski definition) is 2. The Labute approximate surface area is 106 Å². The van der Waals surface area contributed by atoms with E-state index in [0.29, 0.717) is 13.0 Å². The summed E-state index contributed by atoms with van der Waals surface area (Å²) in [5.41, 5.74) is 1.12. The minimum atomic E-state index is -0.441. The Morgan fingerprint density at radius 1 is 1.31 bits per heavy atom. The summed E-state index contributed by atoms with van der Waals surface area (Å²) in [4.78, 5) is 0. The standard InChI is InChI=1S/C13H19BrO2/c1-3-13(16-4-2)12(15)9-10-7-5-6-8-11(10)14/h5-8,12-13,15H,3-4,9H2,1-2H3. The minimum Gasteiger partial charge on any atom is -0.390 e. The number of ether oxygens (including phenoxy) is 1. The zero-order valence-electron chi connectivity index (χ0n) is 9.82. The van der Waals surface area contributed by atoms with Crippen molar-refractivity contribution in [2.45, 2.75) is 38.9 Å². The molecule has 16 heavy (non-hydrogen) atoms. The summed E-state index contributed by atoms with van der Waals surface area (Å²) in [6.45, 7) is 4.63. The molecule has 3 heteroatoms. The smallest absolute Gasteiger partial charge is 0.0842 e. The molecule has 0 heterocycles. The molecular weight excluding hydrogens is 268 g/mol. The fraction of sp³-hybridized carbons (Fsp3) is 0.538. The van der Waals surface area contributed by atoms with Gasteiger partial charge in [-0.05, 0) is 25.0 Å². The van der Waals surface area contributed by atoms with E-state index in [-0.39, 0.29) is 6.10 Å². The second kappa shape index (κ2) is 7.05. The van der Waals surface area contributed by atoms with Crippen LogP contribution in [-0.2, 0) is 11.2 Å². The van der Waals surface area contributed by atoms with Crippen LogP contribution < -0.4 is 0 Å². The predicted molar refractivity (Wildman–Crippen MR) is 69.6 cm³/mol. The van der Waals surface area contributed by atoms with Crippen LogP contribution in [0.5, 0.6) is 0 Å². The van der Waals surface area contributed by atoms with E-state index in [0.717, 1.165) is 16.5 Å². The summed E-state index contributed by atoms with van der Waals surface area (Å²) < 4.78 is 6.54. The lowest BCUT2D eigenvalue weighted by Gasteiger charge is -2.21. The zero-order valence-corrected chi connectivity index (χ0v) is 11.4. The van der Waals surface area contributed by atoms with Gasteiger partial charge in [0.15, 0.2) is 0 Å². The molecule has 0 bridgehead atoms. The second-order valence-electron chi connectivity index (χ2n) is 3.76. The Hall–Kier alpha value is -0.380. The Balaban J connectivity index is 2.62. The van der Waals surface area contributed by atoms with E-state index in [2.05, 4.69) is 15.9 Å². The van der Waals surface area contributed by atoms with Crippen LogP contribution in [0.3, 0.4) is 0 Å². The first kappa shape index (κ1) is 13.7. The van der Waals surface area contributed by atoms with Crippen LogP contribution in [0.25, 0.3) is 0 Å². The molecule has 0 radical (unpaired) electrons. The molecule has 0 spiro atoms. The topological polar surface area (TPSA) is 29.5 Å². The largest absolute Gasteiger partial charge is 0.390 e. The first-order valence-corrected chi connectivity index (χ1v) is 6.51. The molecule has 0 saturated carbocycles. The Kier molecular flexibility index (Phi) is 6.03. The number of benzene rings is 1. The van der Waals surface area contributed by atoms with Crippen molar-refractivity contribution >= 4 is 15.9 Å². The molecule has 1 N–H and O–H groups in total. The van der Waals surface area contributed by atoms with Gasteiger partial charge < -0.3 is 9.84 Å². The summed E-state index contributed by atoms with van der Waals surface area (Å²) in [5, 5.41) is 10.1. The molecule has 1 rings (SSSR count). The minimum absolute atomic E-state index is 0.0721. The first-order valence-electron chi connectivity index (χ1n) is 5.72. The number of halogens is 1. The van der Waals surface area contributed by atoms with Gasteiger partial charge in [0.1, 0.15) is 0 Å². The third-order valence-electron chi connectivity index (χ3n) is 2.60. The molecular formula is C13H19BrO2. The lowest BCUT2D eigenvalue weighted by molar-refractivity contribution is -0.0335. The van der Waals surface area contributed by atoms with Crippen LogP contribution in [0.15, 0.2) is 28.7 Å². The van der Waals surface area contributed by atoms with Crippen molar-refractivity contribution in [2.75, 3.05) is 6.61 Å². The highest BCUT2D eigenvalue weighted by atomic mass is 79.9. The number of aliphatic hydroxyl groups is 1. The van der Waals surface area contributed by atoms with Crippen molar-refractivity contribution in [3.63, 3.8) is 0 Å². The van der Waals surface area contributed by atoms with Crippen LogP contribution in [0, 0.1) is 0 Å². The number of hydrogen-bond donors (Lipinski definition) is 1. The van der Waals surface area contributed by atoms with E-state index in [4.69, 9.17) is 4.74 Å². The van der Waals surface area contributed by atoms with Gasteiger partial charge in [-0.3, -0.25) is 0 Å². The number of rotatable bonds is 6. The van der Waals surface area contributed by atoms with Crippen molar-refractivity contribution in [2.24, 2.45) is 0 Å². The normalized spacial score (nSPS) is 14.8. The fourth-order valence-electron chi connectivity index (χ4n) is 1.74. The highest BCUT2D eigenvalue weighted by Crippen LogP contribution is 2.19. The Morgan fingerprint density at radius 3 is 2.56 bits per heavy atom. The van der Waals surface area contributed by atoms with Gasteiger partial charge in [-0.2, -0.15) is 0 Å². The molecule has 1 aromatic rings. The third-order valence-corrected chi connectivity index (χ3v) is 3.37. The molecule has 0 fully saturated rings. The molecule has 2 atom stereocenters. The van der Waals surface area contributed by atoms with Crippen molar-refractivity contribution in [1.29, 1.82) is 0 Å². The van der Waals surface area contributed by atoms with Gasteiger partial charge in [0.25, 0.3) is 0 Å². The maximum atomic E-state index is 10.1.